The molecule has 5 N–H and O–H groups in total. The number of aromatic hydroxyl groups is 1. The van der Waals surface area contributed by atoms with Gasteiger partial charge in [0, 0.05) is 11.4 Å². The summed E-state index contributed by atoms with van der Waals surface area (Å²) in [6, 6.07) is 6.63. The number of aliphatic carboxylic acids is 1. The number of thiophene rings is 1. The summed E-state index contributed by atoms with van der Waals surface area (Å²) in [5.41, 5.74) is -0.618. The molecule has 12 nitrogen and oxygen atoms in total. The van der Waals surface area contributed by atoms with Crippen molar-refractivity contribution in [1.29, 1.82) is 0 Å². The van der Waals surface area contributed by atoms with E-state index in [0.717, 1.165) is 47.7 Å². The molecule has 3 aromatic rings. The number of ketones is 1. The van der Waals surface area contributed by atoms with Gasteiger partial charge in [-0.05, 0) is 42.5 Å². The van der Waals surface area contributed by atoms with Crippen LogP contribution in [0.3, 0.4) is 0 Å². The average Bonchev–Trinajstić information content (AvgIpc) is 3.36. The minimum absolute atomic E-state index is 0.0174. The standard InChI is InChI=1S/C24H20F2N2O10S2/c25-15-2-1-3-16(26)22(15)38-11-19(30)17(9-21(31)32)28-23(33)20-7-4-12(39-20)10-27-40(36,37)13-5-6-18(29)14(8-13)24(34)35/h1-8,17,27,29H,9-11H2,(H,28,33)(H,31,32)(H,34,35). The van der Waals surface area contributed by atoms with Gasteiger partial charge in [0.05, 0.1) is 16.2 Å². The molecule has 1 aromatic heterocycles. The zero-order valence-corrected chi connectivity index (χ0v) is 21.7. The number of ether oxygens (including phenoxy) is 1. The average molecular weight is 599 g/mol. The van der Waals surface area contributed by atoms with Crippen molar-refractivity contribution < 1.29 is 56.4 Å². The Morgan fingerprint density at radius 1 is 1.00 bits per heavy atom. The number of carboxylic acid groups (broad SMARTS) is 2. The second kappa shape index (κ2) is 12.6. The molecule has 0 aliphatic rings. The van der Waals surface area contributed by atoms with Gasteiger partial charge in [0.25, 0.3) is 5.91 Å². The summed E-state index contributed by atoms with van der Waals surface area (Å²) >= 11 is 0.812. The summed E-state index contributed by atoms with van der Waals surface area (Å²) < 4.78 is 59.6. The highest BCUT2D eigenvalue weighted by Crippen LogP contribution is 2.23. The highest BCUT2D eigenvalue weighted by Gasteiger charge is 2.26. The molecular weight excluding hydrogens is 578 g/mol. The highest BCUT2D eigenvalue weighted by molar-refractivity contribution is 7.89. The van der Waals surface area contributed by atoms with E-state index in [1.807, 2.05) is 0 Å². The van der Waals surface area contributed by atoms with Crippen LogP contribution in [0.2, 0.25) is 0 Å². The van der Waals surface area contributed by atoms with Crippen LogP contribution in [0, 0.1) is 11.6 Å². The number of carbonyl (C=O) groups excluding carboxylic acids is 2. The van der Waals surface area contributed by atoms with Crippen molar-refractivity contribution in [2.45, 2.75) is 23.9 Å². The second-order valence-corrected chi connectivity index (χ2v) is 10.9. The number of halogens is 2. The molecule has 0 aliphatic carbocycles. The third-order valence-electron chi connectivity index (χ3n) is 5.18. The molecule has 1 atom stereocenters. The number of hydrogen-bond acceptors (Lipinski definition) is 9. The van der Waals surface area contributed by atoms with Crippen molar-refractivity contribution in [2.75, 3.05) is 6.61 Å². The van der Waals surface area contributed by atoms with E-state index in [1.165, 1.54) is 12.1 Å². The van der Waals surface area contributed by atoms with Crippen LogP contribution in [0.4, 0.5) is 8.78 Å². The van der Waals surface area contributed by atoms with Gasteiger partial charge in [0.2, 0.25) is 10.0 Å². The lowest BCUT2D eigenvalue weighted by atomic mass is 10.1. The van der Waals surface area contributed by atoms with Crippen LogP contribution in [0.5, 0.6) is 11.5 Å². The number of rotatable bonds is 13. The van der Waals surface area contributed by atoms with Crippen LogP contribution in [-0.4, -0.2) is 60.0 Å². The fourth-order valence-electron chi connectivity index (χ4n) is 3.21. The molecule has 212 valence electrons. The Morgan fingerprint density at radius 3 is 2.30 bits per heavy atom. The van der Waals surface area contributed by atoms with E-state index < -0.39 is 86.3 Å². The summed E-state index contributed by atoms with van der Waals surface area (Å²) in [5.74, 6) is -8.45. The number of sulfonamides is 1. The van der Waals surface area contributed by atoms with Crippen LogP contribution >= 0.6 is 11.3 Å². The second-order valence-electron chi connectivity index (χ2n) is 8.00. The van der Waals surface area contributed by atoms with Gasteiger partial charge in [-0.1, -0.05) is 6.07 Å². The lowest BCUT2D eigenvalue weighted by molar-refractivity contribution is -0.139. The van der Waals surface area contributed by atoms with Gasteiger partial charge in [-0.25, -0.2) is 26.7 Å². The number of Topliss-reactive ketones (excluding diaryl/α,β-unsaturated/α-hetero) is 1. The summed E-state index contributed by atoms with van der Waals surface area (Å²) in [6.45, 7) is -1.25. The van der Waals surface area contributed by atoms with Crippen LogP contribution in [-0.2, 0) is 26.2 Å². The molecule has 0 fully saturated rings. The first kappa shape index (κ1) is 30.1. The predicted molar refractivity (Wildman–Crippen MR) is 134 cm³/mol. The maximum absolute atomic E-state index is 13.7. The summed E-state index contributed by atoms with van der Waals surface area (Å²) in [6.07, 6.45) is -0.851. The van der Waals surface area contributed by atoms with E-state index in [1.54, 1.807) is 0 Å². The fraction of sp³-hybridized carbons (Fsp3) is 0.167. The zero-order chi connectivity index (χ0) is 29.6. The van der Waals surface area contributed by atoms with Crippen LogP contribution in [0.25, 0.3) is 0 Å². The van der Waals surface area contributed by atoms with Crippen molar-refractivity contribution in [3.8, 4) is 11.5 Å². The topological polar surface area (TPSA) is 196 Å². The molecule has 0 spiro atoms. The normalized spacial score (nSPS) is 11.9. The molecule has 16 heteroatoms. The fourth-order valence-corrected chi connectivity index (χ4v) is 5.19. The summed E-state index contributed by atoms with van der Waals surface area (Å²) in [4.78, 5) is 47.4. The van der Waals surface area contributed by atoms with Crippen molar-refractivity contribution in [2.24, 2.45) is 0 Å². The smallest absolute Gasteiger partial charge is 0.339 e. The summed E-state index contributed by atoms with van der Waals surface area (Å²) in [7, 11) is -4.22. The van der Waals surface area contributed by atoms with E-state index in [-0.39, 0.29) is 11.4 Å². The van der Waals surface area contributed by atoms with Crippen molar-refractivity contribution in [3.05, 3.63) is 75.5 Å². The van der Waals surface area contributed by atoms with E-state index in [2.05, 4.69) is 10.0 Å². The highest BCUT2D eigenvalue weighted by atomic mass is 32.2. The van der Waals surface area contributed by atoms with Gasteiger partial charge in [0.15, 0.2) is 23.2 Å². The Balaban J connectivity index is 1.65. The molecule has 1 heterocycles. The molecule has 2 aromatic carbocycles. The summed E-state index contributed by atoms with van der Waals surface area (Å²) in [5, 5.41) is 30.0. The number of para-hydroxylation sites is 1. The van der Waals surface area contributed by atoms with Crippen molar-refractivity contribution in [3.63, 3.8) is 0 Å². The number of carboxylic acids is 2. The predicted octanol–water partition coefficient (Wildman–Crippen LogP) is 2.13. The van der Waals surface area contributed by atoms with Crippen LogP contribution < -0.4 is 14.8 Å². The molecule has 0 saturated heterocycles. The van der Waals surface area contributed by atoms with E-state index in [4.69, 9.17) is 14.9 Å². The molecule has 0 aliphatic heterocycles. The van der Waals surface area contributed by atoms with Gasteiger partial charge < -0.3 is 25.4 Å². The number of carbonyl (C=O) groups is 4. The lowest BCUT2D eigenvalue weighted by Crippen LogP contribution is -2.44. The molecule has 1 amide bonds. The molecule has 0 radical (unpaired) electrons. The first-order valence-corrected chi connectivity index (χ1v) is 13.4. The Hall–Kier alpha value is -4.41. The molecular formula is C24H20F2N2O10S2. The van der Waals surface area contributed by atoms with Gasteiger partial charge >= 0.3 is 11.9 Å². The molecule has 1 unspecified atom stereocenters. The van der Waals surface area contributed by atoms with Gasteiger partial charge in [-0.15, -0.1) is 11.3 Å². The van der Waals surface area contributed by atoms with Gasteiger partial charge in [-0.2, -0.15) is 0 Å². The Morgan fingerprint density at radius 2 is 1.68 bits per heavy atom. The van der Waals surface area contributed by atoms with Crippen LogP contribution in [0.15, 0.2) is 53.4 Å². The molecule has 0 saturated carbocycles. The lowest BCUT2D eigenvalue weighted by Gasteiger charge is -2.16. The molecule has 3 rings (SSSR count). The Labute approximate surface area is 228 Å². The molecule has 40 heavy (non-hydrogen) atoms. The quantitative estimate of drug-likeness (QED) is 0.194. The van der Waals surface area contributed by atoms with Gasteiger partial charge in [-0.3, -0.25) is 14.4 Å². The largest absolute Gasteiger partial charge is 0.507 e. The minimum atomic E-state index is -4.22. The number of aromatic carboxylic acids is 1. The Bertz CT molecular complexity index is 1550. The number of amides is 1. The van der Waals surface area contributed by atoms with E-state index in [9.17, 15) is 41.5 Å². The van der Waals surface area contributed by atoms with Crippen molar-refractivity contribution >= 4 is 45.0 Å². The third kappa shape index (κ3) is 7.58. The number of hydrogen-bond donors (Lipinski definition) is 5. The van der Waals surface area contributed by atoms with E-state index >= 15 is 0 Å². The Kier molecular flexibility index (Phi) is 9.51. The van der Waals surface area contributed by atoms with E-state index in [0.29, 0.717) is 4.88 Å². The zero-order valence-electron chi connectivity index (χ0n) is 20.1. The first-order chi connectivity index (χ1) is 18.8. The van der Waals surface area contributed by atoms with Gasteiger partial charge in [0.1, 0.15) is 24.0 Å². The van der Waals surface area contributed by atoms with Crippen LogP contribution in [0.1, 0.15) is 31.3 Å². The minimum Gasteiger partial charge on any atom is -0.507 e. The third-order valence-corrected chi connectivity index (χ3v) is 7.66. The monoisotopic (exact) mass is 598 g/mol. The molecule has 0 bridgehead atoms. The first-order valence-electron chi connectivity index (χ1n) is 11.1. The number of phenols is 1. The maximum atomic E-state index is 13.7. The number of benzene rings is 2. The van der Waals surface area contributed by atoms with Crippen molar-refractivity contribution in [1.82, 2.24) is 10.0 Å². The number of nitrogens with one attached hydrogen (secondary N) is 2. The SMILES string of the molecule is O=C(O)CC(NC(=O)c1ccc(CNS(=O)(=O)c2ccc(O)c(C(=O)O)c2)s1)C(=O)COc1c(F)cccc1F. The maximum Gasteiger partial charge on any atom is 0.339 e.